The van der Waals surface area contributed by atoms with Crippen molar-refractivity contribution in [2.75, 3.05) is 7.11 Å². The summed E-state index contributed by atoms with van der Waals surface area (Å²) in [5.41, 5.74) is 6.05. The van der Waals surface area contributed by atoms with Gasteiger partial charge in [0.15, 0.2) is 0 Å². The number of benzene rings is 1. The lowest BCUT2D eigenvalue weighted by atomic mass is 9.80. The molecule has 0 spiro atoms. The summed E-state index contributed by atoms with van der Waals surface area (Å²) in [5, 5.41) is 0. The summed E-state index contributed by atoms with van der Waals surface area (Å²) < 4.78 is 4.98. The molecular weight excluding hydrogens is 224 g/mol. The number of hydrogen-bond acceptors (Lipinski definition) is 2. The summed E-state index contributed by atoms with van der Waals surface area (Å²) in [5.74, 6) is -0.0779. The molecule has 0 heterocycles. The molecule has 1 aromatic rings. The maximum atomic E-state index is 12.1. The Morgan fingerprint density at radius 2 is 1.50 bits per heavy atom. The van der Waals surface area contributed by atoms with Gasteiger partial charge in [0.1, 0.15) is 0 Å². The predicted molar refractivity (Wildman–Crippen MR) is 75.0 cm³/mol. The van der Waals surface area contributed by atoms with Crippen molar-refractivity contribution in [3.63, 3.8) is 0 Å². The van der Waals surface area contributed by atoms with Gasteiger partial charge in [0.05, 0.1) is 13.0 Å². The second-order valence-electron chi connectivity index (χ2n) is 5.42. The Morgan fingerprint density at radius 3 is 1.83 bits per heavy atom. The molecule has 0 radical (unpaired) electrons. The number of ether oxygens (including phenoxy) is 1. The van der Waals surface area contributed by atoms with E-state index in [1.165, 1.54) is 29.4 Å². The van der Waals surface area contributed by atoms with Crippen molar-refractivity contribution in [1.29, 1.82) is 0 Å². The lowest BCUT2D eigenvalue weighted by molar-refractivity contribution is -0.143. The lowest BCUT2D eigenvalue weighted by Gasteiger charge is -2.25. The molecule has 0 fully saturated rings. The molecule has 0 aliphatic carbocycles. The monoisotopic (exact) mass is 248 g/mol. The number of aryl methyl sites for hydroxylation is 2. The van der Waals surface area contributed by atoms with Crippen molar-refractivity contribution in [2.45, 2.75) is 47.5 Å². The topological polar surface area (TPSA) is 26.3 Å². The van der Waals surface area contributed by atoms with Crippen LogP contribution in [0.5, 0.6) is 0 Å². The first-order valence-electron chi connectivity index (χ1n) is 6.46. The molecule has 0 saturated carbocycles. The summed E-state index contributed by atoms with van der Waals surface area (Å²) in [4.78, 5) is 12.1. The largest absolute Gasteiger partial charge is 0.469 e. The van der Waals surface area contributed by atoms with Crippen LogP contribution in [-0.2, 0) is 9.53 Å². The van der Waals surface area contributed by atoms with Crippen molar-refractivity contribution in [3.8, 4) is 0 Å². The van der Waals surface area contributed by atoms with Gasteiger partial charge in [-0.1, -0.05) is 19.9 Å². The lowest BCUT2D eigenvalue weighted by Crippen LogP contribution is -2.22. The molecule has 2 nitrogen and oxygen atoms in total. The molecule has 100 valence electrons. The standard InChI is InChI=1S/C16H24O2/c1-9(2)14(16(17)18-7)15-12(5)10(3)8-11(4)13(15)6/h8-9,14H,1-7H3. The number of hydrogen-bond donors (Lipinski definition) is 0. The van der Waals surface area contributed by atoms with Gasteiger partial charge in [-0.05, 0) is 61.4 Å². The third-order valence-electron chi connectivity index (χ3n) is 3.86. The highest BCUT2D eigenvalue weighted by Gasteiger charge is 2.28. The van der Waals surface area contributed by atoms with Crippen LogP contribution in [0.3, 0.4) is 0 Å². The molecule has 0 aliphatic heterocycles. The van der Waals surface area contributed by atoms with Crippen molar-refractivity contribution in [2.24, 2.45) is 5.92 Å². The van der Waals surface area contributed by atoms with Crippen molar-refractivity contribution >= 4 is 5.97 Å². The van der Waals surface area contributed by atoms with E-state index in [1.54, 1.807) is 0 Å². The van der Waals surface area contributed by atoms with Crippen LogP contribution in [0.1, 0.15) is 47.6 Å². The van der Waals surface area contributed by atoms with E-state index >= 15 is 0 Å². The van der Waals surface area contributed by atoms with E-state index in [9.17, 15) is 4.79 Å². The molecule has 0 bridgehead atoms. The molecule has 0 saturated heterocycles. The highest BCUT2D eigenvalue weighted by Crippen LogP contribution is 2.34. The van der Waals surface area contributed by atoms with Crippen LogP contribution in [0.15, 0.2) is 6.07 Å². The second kappa shape index (κ2) is 5.55. The van der Waals surface area contributed by atoms with E-state index in [0.717, 1.165) is 5.56 Å². The van der Waals surface area contributed by atoms with Crippen LogP contribution >= 0.6 is 0 Å². The van der Waals surface area contributed by atoms with Gasteiger partial charge in [-0.15, -0.1) is 0 Å². The van der Waals surface area contributed by atoms with E-state index in [4.69, 9.17) is 4.74 Å². The quantitative estimate of drug-likeness (QED) is 0.760. The predicted octanol–water partition coefficient (Wildman–Crippen LogP) is 3.83. The normalized spacial score (nSPS) is 12.7. The van der Waals surface area contributed by atoms with Crippen LogP contribution in [0.4, 0.5) is 0 Å². The third-order valence-corrected chi connectivity index (χ3v) is 3.86. The van der Waals surface area contributed by atoms with E-state index in [-0.39, 0.29) is 17.8 Å². The first kappa shape index (κ1) is 14.7. The highest BCUT2D eigenvalue weighted by atomic mass is 16.5. The van der Waals surface area contributed by atoms with E-state index in [0.29, 0.717) is 0 Å². The van der Waals surface area contributed by atoms with Crippen molar-refractivity contribution < 1.29 is 9.53 Å². The molecule has 0 aromatic heterocycles. The van der Waals surface area contributed by atoms with Crippen LogP contribution in [0.25, 0.3) is 0 Å². The van der Waals surface area contributed by atoms with Gasteiger partial charge in [0, 0.05) is 0 Å². The maximum Gasteiger partial charge on any atom is 0.313 e. The van der Waals surface area contributed by atoms with Crippen molar-refractivity contribution in [3.05, 3.63) is 33.9 Å². The summed E-state index contributed by atoms with van der Waals surface area (Å²) >= 11 is 0. The zero-order valence-corrected chi connectivity index (χ0v) is 12.5. The first-order chi connectivity index (χ1) is 8.31. The van der Waals surface area contributed by atoms with E-state index in [2.05, 4.69) is 47.6 Å². The molecule has 0 amide bonds. The van der Waals surface area contributed by atoms with Gasteiger partial charge >= 0.3 is 5.97 Å². The Kier molecular flexibility index (Phi) is 4.55. The molecule has 1 rings (SSSR count). The minimum absolute atomic E-state index is 0.138. The Hall–Kier alpha value is -1.31. The zero-order valence-electron chi connectivity index (χ0n) is 12.5. The molecule has 2 heteroatoms. The number of carbonyl (C=O) groups is 1. The minimum Gasteiger partial charge on any atom is -0.469 e. The fraction of sp³-hybridized carbons (Fsp3) is 0.562. The highest BCUT2D eigenvalue weighted by molar-refractivity contribution is 5.80. The number of rotatable bonds is 3. The van der Waals surface area contributed by atoms with Crippen LogP contribution in [-0.4, -0.2) is 13.1 Å². The van der Waals surface area contributed by atoms with Gasteiger partial charge in [-0.2, -0.15) is 0 Å². The fourth-order valence-electron chi connectivity index (χ4n) is 2.56. The number of methoxy groups -OCH3 is 1. The van der Waals surface area contributed by atoms with Crippen molar-refractivity contribution in [1.82, 2.24) is 0 Å². The van der Waals surface area contributed by atoms with Crippen LogP contribution < -0.4 is 0 Å². The Morgan fingerprint density at radius 1 is 1.06 bits per heavy atom. The summed E-state index contributed by atoms with van der Waals surface area (Å²) in [6.45, 7) is 12.5. The SMILES string of the molecule is COC(=O)C(c1c(C)c(C)cc(C)c1C)C(C)C. The fourth-order valence-corrected chi connectivity index (χ4v) is 2.56. The van der Waals surface area contributed by atoms with E-state index in [1.807, 2.05) is 0 Å². The average Bonchev–Trinajstić information content (AvgIpc) is 2.30. The molecule has 1 atom stereocenters. The Balaban J connectivity index is 3.50. The molecule has 0 N–H and O–H groups in total. The van der Waals surface area contributed by atoms with Crippen LogP contribution in [0.2, 0.25) is 0 Å². The van der Waals surface area contributed by atoms with Gasteiger partial charge in [-0.25, -0.2) is 0 Å². The molecule has 0 aliphatic rings. The number of carbonyl (C=O) groups excluding carboxylic acids is 1. The smallest absolute Gasteiger partial charge is 0.313 e. The zero-order chi connectivity index (χ0) is 14.0. The summed E-state index contributed by atoms with van der Waals surface area (Å²) in [6.07, 6.45) is 0. The molecule has 1 unspecified atom stereocenters. The Bertz CT molecular complexity index is 432. The molecule has 1 aromatic carbocycles. The second-order valence-corrected chi connectivity index (χ2v) is 5.42. The van der Waals surface area contributed by atoms with Gasteiger partial charge in [0.2, 0.25) is 0 Å². The molecular formula is C16H24O2. The van der Waals surface area contributed by atoms with E-state index < -0.39 is 0 Å². The number of esters is 1. The summed E-state index contributed by atoms with van der Waals surface area (Å²) in [6, 6.07) is 2.18. The molecule has 18 heavy (non-hydrogen) atoms. The first-order valence-corrected chi connectivity index (χ1v) is 6.46. The van der Waals surface area contributed by atoms with Crippen LogP contribution in [0, 0.1) is 33.6 Å². The van der Waals surface area contributed by atoms with Gasteiger partial charge in [0.25, 0.3) is 0 Å². The minimum atomic E-state index is -0.173. The average molecular weight is 248 g/mol. The Labute approximate surface area is 110 Å². The third kappa shape index (κ3) is 2.58. The maximum absolute atomic E-state index is 12.1. The van der Waals surface area contributed by atoms with Gasteiger partial charge in [-0.3, -0.25) is 4.79 Å². The summed E-state index contributed by atoms with van der Waals surface area (Å²) in [7, 11) is 1.46. The van der Waals surface area contributed by atoms with Gasteiger partial charge < -0.3 is 4.74 Å².